The minimum atomic E-state index is -0.169. The second-order valence-corrected chi connectivity index (χ2v) is 6.04. The second kappa shape index (κ2) is 7.28. The summed E-state index contributed by atoms with van der Waals surface area (Å²) in [6, 6.07) is 15.7. The van der Waals surface area contributed by atoms with Crippen molar-refractivity contribution in [2.24, 2.45) is 5.73 Å². The molecule has 0 saturated carbocycles. The molecule has 3 N–H and O–H groups in total. The maximum Gasteiger partial charge on any atom is 0.257 e. The fourth-order valence-corrected chi connectivity index (χ4v) is 2.89. The minimum Gasteiger partial charge on any atom is -0.326 e. The maximum absolute atomic E-state index is 12.7. The van der Waals surface area contributed by atoms with Gasteiger partial charge in [0.25, 0.3) is 5.91 Å². The van der Waals surface area contributed by atoms with Gasteiger partial charge in [0, 0.05) is 30.2 Å². The number of anilines is 1. The van der Waals surface area contributed by atoms with Crippen LogP contribution >= 0.6 is 0 Å². The van der Waals surface area contributed by atoms with Gasteiger partial charge in [0.05, 0.1) is 5.56 Å². The Kier molecular flexibility index (Phi) is 4.91. The molecule has 0 fully saturated rings. The number of rotatable bonds is 4. The maximum atomic E-state index is 12.7. The van der Waals surface area contributed by atoms with E-state index in [0.717, 1.165) is 33.5 Å². The van der Waals surface area contributed by atoms with Gasteiger partial charge in [-0.05, 0) is 42.2 Å². The van der Waals surface area contributed by atoms with Crippen molar-refractivity contribution in [3.8, 4) is 11.1 Å². The predicted molar refractivity (Wildman–Crippen MR) is 101 cm³/mol. The van der Waals surface area contributed by atoms with Crippen molar-refractivity contribution in [1.29, 1.82) is 0 Å². The van der Waals surface area contributed by atoms with E-state index in [0.29, 0.717) is 12.1 Å². The topological polar surface area (TPSA) is 68.0 Å². The summed E-state index contributed by atoms with van der Waals surface area (Å²) in [5.41, 5.74) is 12.2. The number of benzene rings is 2. The fourth-order valence-electron chi connectivity index (χ4n) is 2.89. The number of hydrogen-bond donors (Lipinski definition) is 2. The number of pyridine rings is 1. The summed E-state index contributed by atoms with van der Waals surface area (Å²) in [6.45, 7) is 4.40. The molecule has 4 heteroatoms. The third-order valence-electron chi connectivity index (χ3n) is 4.27. The summed E-state index contributed by atoms with van der Waals surface area (Å²) in [7, 11) is 0. The van der Waals surface area contributed by atoms with Crippen LogP contribution in [-0.2, 0) is 6.54 Å². The highest BCUT2D eigenvalue weighted by Crippen LogP contribution is 2.25. The van der Waals surface area contributed by atoms with Crippen LogP contribution in [0.4, 0.5) is 5.69 Å². The average Bonchev–Trinajstić information content (AvgIpc) is 2.64. The van der Waals surface area contributed by atoms with Crippen molar-refractivity contribution < 1.29 is 4.79 Å². The van der Waals surface area contributed by atoms with Crippen molar-refractivity contribution in [2.75, 3.05) is 5.32 Å². The molecule has 25 heavy (non-hydrogen) atoms. The van der Waals surface area contributed by atoms with Gasteiger partial charge < -0.3 is 11.1 Å². The van der Waals surface area contributed by atoms with E-state index in [1.165, 1.54) is 0 Å². The summed E-state index contributed by atoms with van der Waals surface area (Å²) < 4.78 is 0. The number of amides is 1. The van der Waals surface area contributed by atoms with Crippen LogP contribution < -0.4 is 11.1 Å². The van der Waals surface area contributed by atoms with Crippen molar-refractivity contribution in [1.82, 2.24) is 4.98 Å². The van der Waals surface area contributed by atoms with Crippen molar-refractivity contribution in [3.63, 3.8) is 0 Å². The number of nitrogens with zero attached hydrogens (tertiary/aromatic N) is 1. The molecular formula is C21H21N3O. The van der Waals surface area contributed by atoms with Crippen molar-refractivity contribution >= 4 is 11.6 Å². The molecule has 0 aliphatic rings. The van der Waals surface area contributed by atoms with Crippen LogP contribution in [0.3, 0.4) is 0 Å². The summed E-state index contributed by atoms with van der Waals surface area (Å²) in [4.78, 5) is 16.9. The first kappa shape index (κ1) is 16.9. The number of aryl methyl sites for hydroxylation is 2. The molecule has 0 saturated heterocycles. The zero-order valence-corrected chi connectivity index (χ0v) is 14.4. The first-order valence-electron chi connectivity index (χ1n) is 8.21. The van der Waals surface area contributed by atoms with Crippen LogP contribution in [0, 0.1) is 13.8 Å². The van der Waals surface area contributed by atoms with Gasteiger partial charge >= 0.3 is 0 Å². The molecule has 1 amide bonds. The lowest BCUT2D eigenvalue weighted by molar-refractivity contribution is 0.102. The quantitative estimate of drug-likeness (QED) is 0.757. The summed E-state index contributed by atoms with van der Waals surface area (Å²) in [5.74, 6) is -0.169. The van der Waals surface area contributed by atoms with Crippen LogP contribution in [-0.4, -0.2) is 10.9 Å². The van der Waals surface area contributed by atoms with E-state index in [1.54, 1.807) is 12.4 Å². The Morgan fingerprint density at radius 3 is 2.48 bits per heavy atom. The number of hydrogen-bond acceptors (Lipinski definition) is 3. The average molecular weight is 331 g/mol. The SMILES string of the molecule is Cc1cccc(C)c1NC(=O)c1cncc(-c2ccccc2CN)c1. The van der Waals surface area contributed by atoms with E-state index in [2.05, 4.69) is 10.3 Å². The Hall–Kier alpha value is -2.98. The van der Waals surface area contributed by atoms with Crippen LogP contribution in [0.2, 0.25) is 0 Å². The molecule has 0 unspecified atom stereocenters. The largest absolute Gasteiger partial charge is 0.326 e. The molecule has 3 rings (SSSR count). The smallest absolute Gasteiger partial charge is 0.257 e. The second-order valence-electron chi connectivity index (χ2n) is 6.04. The van der Waals surface area contributed by atoms with E-state index < -0.39 is 0 Å². The van der Waals surface area contributed by atoms with E-state index in [1.807, 2.05) is 62.4 Å². The van der Waals surface area contributed by atoms with Gasteiger partial charge in [0.15, 0.2) is 0 Å². The lowest BCUT2D eigenvalue weighted by atomic mass is 10.00. The zero-order chi connectivity index (χ0) is 17.8. The molecule has 1 aromatic heterocycles. The number of nitrogens with two attached hydrogens (primary N) is 1. The molecule has 4 nitrogen and oxygen atoms in total. The molecular weight excluding hydrogens is 310 g/mol. The third-order valence-corrected chi connectivity index (χ3v) is 4.27. The van der Waals surface area contributed by atoms with Gasteiger partial charge in [0.2, 0.25) is 0 Å². The van der Waals surface area contributed by atoms with E-state index in [4.69, 9.17) is 5.73 Å². The molecule has 0 radical (unpaired) electrons. The summed E-state index contributed by atoms with van der Waals surface area (Å²) >= 11 is 0. The third kappa shape index (κ3) is 3.59. The van der Waals surface area contributed by atoms with E-state index in [-0.39, 0.29) is 5.91 Å². The molecule has 0 atom stereocenters. The first-order chi connectivity index (χ1) is 12.1. The highest BCUT2D eigenvalue weighted by Gasteiger charge is 2.12. The van der Waals surface area contributed by atoms with Crippen LogP contribution in [0.1, 0.15) is 27.0 Å². The molecule has 126 valence electrons. The molecule has 0 spiro atoms. The summed E-state index contributed by atoms with van der Waals surface area (Å²) in [5, 5.41) is 3.00. The number of aromatic nitrogens is 1. The lowest BCUT2D eigenvalue weighted by Crippen LogP contribution is -2.14. The Morgan fingerprint density at radius 2 is 1.76 bits per heavy atom. The molecule has 1 heterocycles. The van der Waals surface area contributed by atoms with Gasteiger partial charge in [-0.25, -0.2) is 0 Å². The Morgan fingerprint density at radius 1 is 1.04 bits per heavy atom. The molecule has 0 aliphatic carbocycles. The zero-order valence-electron chi connectivity index (χ0n) is 14.4. The Balaban J connectivity index is 1.93. The van der Waals surface area contributed by atoms with Gasteiger partial charge in [-0.3, -0.25) is 9.78 Å². The van der Waals surface area contributed by atoms with E-state index >= 15 is 0 Å². The van der Waals surface area contributed by atoms with Crippen LogP contribution in [0.25, 0.3) is 11.1 Å². The highest BCUT2D eigenvalue weighted by atomic mass is 16.1. The van der Waals surface area contributed by atoms with Gasteiger partial charge in [-0.2, -0.15) is 0 Å². The summed E-state index contributed by atoms with van der Waals surface area (Å²) in [6.07, 6.45) is 3.34. The van der Waals surface area contributed by atoms with Gasteiger partial charge in [-0.15, -0.1) is 0 Å². The van der Waals surface area contributed by atoms with E-state index in [9.17, 15) is 4.79 Å². The number of carbonyl (C=O) groups is 1. The normalized spacial score (nSPS) is 10.5. The lowest BCUT2D eigenvalue weighted by Gasteiger charge is -2.12. The molecule has 2 aromatic carbocycles. The Bertz CT molecular complexity index is 898. The first-order valence-corrected chi connectivity index (χ1v) is 8.21. The number of para-hydroxylation sites is 1. The van der Waals surface area contributed by atoms with Crippen molar-refractivity contribution in [2.45, 2.75) is 20.4 Å². The molecule has 0 aliphatic heterocycles. The van der Waals surface area contributed by atoms with Crippen LogP contribution in [0.5, 0.6) is 0 Å². The number of carbonyl (C=O) groups excluding carboxylic acids is 1. The monoisotopic (exact) mass is 331 g/mol. The fraction of sp³-hybridized carbons (Fsp3) is 0.143. The van der Waals surface area contributed by atoms with Crippen LogP contribution in [0.15, 0.2) is 60.9 Å². The predicted octanol–water partition coefficient (Wildman–Crippen LogP) is 4.08. The standard InChI is InChI=1S/C21H21N3O/c1-14-6-5-7-15(2)20(14)24-21(25)18-10-17(12-23-13-18)19-9-4-3-8-16(19)11-22/h3-10,12-13H,11,22H2,1-2H3,(H,24,25). The minimum absolute atomic E-state index is 0.169. The highest BCUT2D eigenvalue weighted by molar-refractivity contribution is 6.05. The van der Waals surface area contributed by atoms with Crippen molar-refractivity contribution in [3.05, 3.63) is 83.2 Å². The molecule has 3 aromatic rings. The Labute approximate surface area is 147 Å². The van der Waals surface area contributed by atoms with Gasteiger partial charge in [-0.1, -0.05) is 42.5 Å². The molecule has 0 bridgehead atoms. The van der Waals surface area contributed by atoms with Gasteiger partial charge in [0.1, 0.15) is 0 Å². The number of nitrogens with one attached hydrogen (secondary N) is 1.